The number of hydrogen-bond acceptors (Lipinski definition) is 5. The first-order valence-corrected chi connectivity index (χ1v) is 5.96. The minimum absolute atomic E-state index is 0.228. The van der Waals surface area contributed by atoms with Gasteiger partial charge in [-0.05, 0) is 0 Å². The van der Waals surface area contributed by atoms with Gasteiger partial charge in [0.15, 0.2) is 5.82 Å². The Morgan fingerprint density at radius 2 is 1.86 bits per heavy atom. The molecule has 0 aliphatic rings. The zero-order valence-corrected chi connectivity index (χ0v) is 10.8. The summed E-state index contributed by atoms with van der Waals surface area (Å²) in [6, 6.07) is 7.04. The predicted molar refractivity (Wildman–Crippen MR) is 66.7 cm³/mol. The Kier molecular flexibility index (Phi) is 3.20. The summed E-state index contributed by atoms with van der Waals surface area (Å²) < 4.78 is 39.8. The van der Waals surface area contributed by atoms with Gasteiger partial charge < -0.3 is 0 Å². The molecule has 7 nitrogen and oxygen atoms in total. The van der Waals surface area contributed by atoms with Gasteiger partial charge in [-0.3, -0.25) is 0 Å². The fourth-order valence-electron chi connectivity index (χ4n) is 1.74. The highest BCUT2D eigenvalue weighted by Crippen LogP contribution is 2.28. The second kappa shape index (κ2) is 5.06. The molecule has 0 saturated carbocycles. The number of carbonyl (C=O) groups is 1. The van der Waals surface area contributed by atoms with Crippen LogP contribution in [-0.4, -0.2) is 35.6 Å². The van der Waals surface area contributed by atoms with Crippen molar-refractivity contribution in [2.24, 2.45) is 0 Å². The van der Waals surface area contributed by atoms with E-state index >= 15 is 0 Å². The van der Waals surface area contributed by atoms with Crippen molar-refractivity contribution in [2.45, 2.75) is 6.18 Å². The number of hydrogen-bond donors (Lipinski definition) is 0. The van der Waals surface area contributed by atoms with E-state index < -0.39 is 18.0 Å². The number of halogens is 3. The van der Waals surface area contributed by atoms with Gasteiger partial charge in [0.25, 0.3) is 5.82 Å². The summed E-state index contributed by atoms with van der Waals surface area (Å²) in [5.74, 6) is -1.63. The van der Waals surface area contributed by atoms with Crippen molar-refractivity contribution in [3.63, 3.8) is 0 Å². The van der Waals surface area contributed by atoms with Crippen LogP contribution in [0.5, 0.6) is 0 Å². The molecule has 10 heteroatoms. The van der Waals surface area contributed by atoms with Gasteiger partial charge in [0, 0.05) is 5.56 Å². The van der Waals surface area contributed by atoms with Crippen molar-refractivity contribution < 1.29 is 18.0 Å². The van der Waals surface area contributed by atoms with Crippen LogP contribution in [0, 0.1) is 0 Å². The summed E-state index contributed by atoms with van der Waals surface area (Å²) in [4.78, 5) is 19.2. The molecule has 0 bridgehead atoms. The number of alkyl halides is 3. The molecule has 0 atom stereocenters. The van der Waals surface area contributed by atoms with Gasteiger partial charge in [-0.1, -0.05) is 30.3 Å². The van der Waals surface area contributed by atoms with Crippen molar-refractivity contribution in [2.75, 3.05) is 0 Å². The Morgan fingerprint density at radius 1 is 1.14 bits per heavy atom. The Morgan fingerprint density at radius 3 is 2.45 bits per heavy atom. The van der Waals surface area contributed by atoms with E-state index in [9.17, 15) is 18.0 Å². The topological polar surface area (TPSA) is 78.5 Å². The van der Waals surface area contributed by atoms with E-state index in [1.54, 1.807) is 18.2 Å². The second-order valence-electron chi connectivity index (χ2n) is 4.16. The van der Waals surface area contributed by atoms with Crippen LogP contribution in [-0.2, 0) is 6.18 Å². The molecule has 0 spiro atoms. The molecule has 2 aromatic heterocycles. The minimum atomic E-state index is -4.77. The highest BCUT2D eigenvalue weighted by Gasteiger charge is 2.38. The standard InChI is InChI=1S/C12H7F3N6O/c13-12(14,15)10-18-9(8-4-2-1-3-5-8)21(19-10)11(22)20-7-16-6-17-20/h1-7H. The highest BCUT2D eigenvalue weighted by atomic mass is 19.4. The first kappa shape index (κ1) is 13.9. The first-order valence-electron chi connectivity index (χ1n) is 5.96. The molecule has 0 saturated heterocycles. The first-order chi connectivity index (χ1) is 10.5. The SMILES string of the molecule is O=C(n1cncn1)n1nc(C(F)(F)F)nc1-c1ccccc1. The Balaban J connectivity index is 2.16. The third kappa shape index (κ3) is 2.45. The monoisotopic (exact) mass is 308 g/mol. The van der Waals surface area contributed by atoms with Crippen LogP contribution in [0.4, 0.5) is 18.0 Å². The van der Waals surface area contributed by atoms with Gasteiger partial charge in [0.1, 0.15) is 12.7 Å². The van der Waals surface area contributed by atoms with E-state index in [4.69, 9.17) is 0 Å². The molecule has 0 unspecified atom stereocenters. The predicted octanol–water partition coefficient (Wildman–Crippen LogP) is 2.07. The molecule has 1 aromatic carbocycles. The van der Waals surface area contributed by atoms with E-state index in [0.29, 0.717) is 10.2 Å². The van der Waals surface area contributed by atoms with Crippen molar-refractivity contribution in [1.29, 1.82) is 0 Å². The Hall–Kier alpha value is -3.04. The number of carbonyl (C=O) groups excluding carboxylic acids is 1. The van der Waals surface area contributed by atoms with Gasteiger partial charge in [0.2, 0.25) is 0 Å². The molecule has 3 aromatic rings. The molecule has 3 rings (SSSR count). The minimum Gasteiger partial charge on any atom is -0.243 e. The van der Waals surface area contributed by atoms with Gasteiger partial charge in [0.05, 0.1) is 0 Å². The lowest BCUT2D eigenvalue weighted by molar-refractivity contribution is -0.144. The summed E-state index contributed by atoms with van der Waals surface area (Å²) in [5.41, 5.74) is 0.318. The van der Waals surface area contributed by atoms with Crippen LogP contribution in [0.3, 0.4) is 0 Å². The van der Waals surface area contributed by atoms with E-state index in [-0.39, 0.29) is 5.82 Å². The normalized spacial score (nSPS) is 11.6. The van der Waals surface area contributed by atoms with Crippen LogP contribution in [0.25, 0.3) is 11.4 Å². The van der Waals surface area contributed by atoms with Crippen molar-refractivity contribution >= 4 is 6.03 Å². The van der Waals surface area contributed by atoms with Gasteiger partial charge in [-0.15, -0.1) is 5.10 Å². The lowest BCUT2D eigenvalue weighted by atomic mass is 10.2. The summed E-state index contributed by atoms with van der Waals surface area (Å²) in [7, 11) is 0. The Bertz CT molecular complexity index is 794. The van der Waals surface area contributed by atoms with E-state index in [0.717, 1.165) is 17.3 Å². The average Bonchev–Trinajstić information content (AvgIpc) is 3.16. The molecule has 0 N–H and O–H groups in total. The van der Waals surface area contributed by atoms with Crippen LogP contribution in [0.1, 0.15) is 5.82 Å². The Labute approximate surface area is 121 Å². The maximum absolute atomic E-state index is 12.8. The molecule has 22 heavy (non-hydrogen) atoms. The number of rotatable bonds is 1. The van der Waals surface area contributed by atoms with Crippen LogP contribution in [0.15, 0.2) is 43.0 Å². The fraction of sp³-hybridized carbons (Fsp3) is 0.0833. The van der Waals surface area contributed by atoms with E-state index in [2.05, 4.69) is 20.2 Å². The van der Waals surface area contributed by atoms with E-state index in [1.165, 1.54) is 12.1 Å². The summed E-state index contributed by atoms with van der Waals surface area (Å²) in [6.07, 6.45) is -2.62. The molecular weight excluding hydrogens is 301 g/mol. The summed E-state index contributed by atoms with van der Waals surface area (Å²) in [6.45, 7) is 0. The third-order valence-electron chi connectivity index (χ3n) is 2.69. The maximum Gasteiger partial charge on any atom is 0.453 e. The molecule has 0 aliphatic carbocycles. The lowest BCUT2D eigenvalue weighted by Crippen LogP contribution is -2.22. The number of aromatic nitrogens is 6. The summed E-state index contributed by atoms with van der Waals surface area (Å²) >= 11 is 0. The molecule has 2 heterocycles. The van der Waals surface area contributed by atoms with Crippen LogP contribution in [0.2, 0.25) is 0 Å². The second-order valence-corrected chi connectivity index (χ2v) is 4.16. The van der Waals surface area contributed by atoms with E-state index in [1.807, 2.05) is 0 Å². The van der Waals surface area contributed by atoms with Crippen LogP contribution >= 0.6 is 0 Å². The maximum atomic E-state index is 12.8. The molecule has 0 amide bonds. The quantitative estimate of drug-likeness (QED) is 0.687. The third-order valence-corrected chi connectivity index (χ3v) is 2.69. The molecule has 0 aliphatic heterocycles. The smallest absolute Gasteiger partial charge is 0.243 e. The lowest BCUT2D eigenvalue weighted by Gasteiger charge is -2.03. The molecule has 0 radical (unpaired) electrons. The van der Waals surface area contributed by atoms with Gasteiger partial charge >= 0.3 is 12.2 Å². The number of benzene rings is 1. The van der Waals surface area contributed by atoms with Gasteiger partial charge in [-0.25, -0.2) is 14.8 Å². The van der Waals surface area contributed by atoms with Crippen LogP contribution < -0.4 is 0 Å². The molecule has 0 fully saturated rings. The zero-order chi connectivity index (χ0) is 15.7. The molecule has 112 valence electrons. The summed E-state index contributed by atoms with van der Waals surface area (Å²) in [5, 5.41) is 6.84. The van der Waals surface area contributed by atoms with Crippen molar-refractivity contribution in [1.82, 2.24) is 29.5 Å². The van der Waals surface area contributed by atoms with Crippen molar-refractivity contribution in [3.05, 3.63) is 48.8 Å². The average molecular weight is 308 g/mol. The highest BCUT2D eigenvalue weighted by molar-refractivity contribution is 5.81. The largest absolute Gasteiger partial charge is 0.453 e. The molecular formula is C12H7F3N6O. The van der Waals surface area contributed by atoms with Crippen molar-refractivity contribution in [3.8, 4) is 11.4 Å². The fourth-order valence-corrected chi connectivity index (χ4v) is 1.74. The zero-order valence-electron chi connectivity index (χ0n) is 10.8. The number of nitrogens with zero attached hydrogens (tertiary/aromatic N) is 6. The van der Waals surface area contributed by atoms with Gasteiger partial charge in [-0.2, -0.15) is 27.6 Å².